The van der Waals surface area contributed by atoms with Gasteiger partial charge in [-0.1, -0.05) is 36.4 Å². The molecule has 2 aliphatic heterocycles. The summed E-state index contributed by atoms with van der Waals surface area (Å²) in [5.41, 5.74) is 4.36. The second kappa shape index (κ2) is 14.1. The number of esters is 1. The summed E-state index contributed by atoms with van der Waals surface area (Å²) in [6, 6.07) is 22.0. The zero-order valence-electron chi connectivity index (χ0n) is 27.5. The SMILES string of the molecule is COC(=O)c1ccc2c(c1)NC(=O)/C2=C(\Nc1ccc(N(C)C(=O)CCN2CCN(C(=O)OC(C)(C)C)CC2)cc1)c1ccccc1. The Kier molecular flexibility index (Phi) is 9.95. The number of fused-ring (bicyclic) bond motifs is 1. The minimum absolute atomic E-state index is 0.0158. The molecule has 0 saturated carbocycles. The molecular weight excluding hydrogens is 598 g/mol. The average molecular weight is 640 g/mol. The van der Waals surface area contributed by atoms with Crippen LogP contribution in [0.1, 0.15) is 48.7 Å². The first-order valence-corrected chi connectivity index (χ1v) is 15.6. The summed E-state index contributed by atoms with van der Waals surface area (Å²) >= 11 is 0. The minimum atomic E-state index is -0.529. The number of ether oxygens (including phenoxy) is 2. The summed E-state index contributed by atoms with van der Waals surface area (Å²) in [6.07, 6.45) is 0.0443. The summed E-state index contributed by atoms with van der Waals surface area (Å²) < 4.78 is 10.3. The summed E-state index contributed by atoms with van der Waals surface area (Å²) in [4.78, 5) is 56.3. The highest BCUT2D eigenvalue weighted by Crippen LogP contribution is 2.38. The summed E-state index contributed by atoms with van der Waals surface area (Å²) in [5, 5.41) is 6.30. The predicted octanol–water partition coefficient (Wildman–Crippen LogP) is 5.31. The van der Waals surface area contributed by atoms with Crippen molar-refractivity contribution in [1.82, 2.24) is 9.80 Å². The van der Waals surface area contributed by atoms with Crippen LogP contribution in [0.5, 0.6) is 0 Å². The highest BCUT2D eigenvalue weighted by molar-refractivity contribution is 6.37. The molecule has 3 aromatic carbocycles. The van der Waals surface area contributed by atoms with E-state index in [9.17, 15) is 19.2 Å². The van der Waals surface area contributed by atoms with Gasteiger partial charge in [-0.15, -0.1) is 0 Å². The Morgan fingerprint density at radius 3 is 2.23 bits per heavy atom. The topological polar surface area (TPSA) is 121 Å². The molecule has 1 saturated heterocycles. The van der Waals surface area contributed by atoms with E-state index in [0.29, 0.717) is 67.2 Å². The molecule has 0 atom stereocenters. The van der Waals surface area contributed by atoms with E-state index in [1.165, 1.54) is 7.11 Å². The minimum Gasteiger partial charge on any atom is -0.465 e. The van der Waals surface area contributed by atoms with Gasteiger partial charge in [-0.05, 0) is 62.7 Å². The van der Waals surface area contributed by atoms with Gasteiger partial charge in [0.25, 0.3) is 5.91 Å². The van der Waals surface area contributed by atoms with Gasteiger partial charge in [0, 0.05) is 63.1 Å². The van der Waals surface area contributed by atoms with Crippen LogP contribution in [0, 0.1) is 0 Å². The van der Waals surface area contributed by atoms with Crippen LogP contribution in [0.15, 0.2) is 72.8 Å². The van der Waals surface area contributed by atoms with E-state index in [1.54, 1.807) is 35.0 Å². The van der Waals surface area contributed by atoms with E-state index in [4.69, 9.17) is 9.47 Å². The third-order valence-electron chi connectivity index (χ3n) is 8.06. The van der Waals surface area contributed by atoms with E-state index in [2.05, 4.69) is 15.5 Å². The molecule has 0 aromatic heterocycles. The van der Waals surface area contributed by atoms with Gasteiger partial charge in [0.05, 0.1) is 29.6 Å². The van der Waals surface area contributed by atoms with Gasteiger partial charge in [0.1, 0.15) is 5.60 Å². The van der Waals surface area contributed by atoms with Crippen LogP contribution in [0.25, 0.3) is 11.3 Å². The van der Waals surface area contributed by atoms with Crippen molar-refractivity contribution in [1.29, 1.82) is 0 Å². The molecule has 11 nitrogen and oxygen atoms in total. The molecule has 2 N–H and O–H groups in total. The molecule has 0 bridgehead atoms. The third-order valence-corrected chi connectivity index (χ3v) is 8.06. The maximum absolute atomic E-state index is 13.3. The average Bonchev–Trinajstić information content (AvgIpc) is 3.40. The highest BCUT2D eigenvalue weighted by Gasteiger charge is 2.30. The van der Waals surface area contributed by atoms with E-state index < -0.39 is 11.6 Å². The molecule has 0 radical (unpaired) electrons. The van der Waals surface area contributed by atoms with Crippen molar-refractivity contribution in [2.24, 2.45) is 0 Å². The van der Waals surface area contributed by atoms with Crippen molar-refractivity contribution in [2.75, 3.05) is 62.4 Å². The van der Waals surface area contributed by atoms with Crippen LogP contribution in [0.3, 0.4) is 0 Å². The third kappa shape index (κ3) is 7.98. The molecule has 1 fully saturated rings. The smallest absolute Gasteiger partial charge is 0.410 e. The first kappa shape index (κ1) is 33.2. The van der Waals surface area contributed by atoms with Crippen molar-refractivity contribution in [2.45, 2.75) is 32.8 Å². The van der Waals surface area contributed by atoms with E-state index in [-0.39, 0.29) is 17.9 Å². The van der Waals surface area contributed by atoms with Gasteiger partial charge in [-0.25, -0.2) is 9.59 Å². The van der Waals surface area contributed by atoms with Gasteiger partial charge >= 0.3 is 12.1 Å². The number of anilines is 3. The number of carbonyl (C=O) groups is 4. The van der Waals surface area contributed by atoms with Crippen molar-refractivity contribution in [3.63, 3.8) is 0 Å². The zero-order valence-corrected chi connectivity index (χ0v) is 27.5. The van der Waals surface area contributed by atoms with E-state index in [1.807, 2.05) is 75.4 Å². The number of carbonyl (C=O) groups excluding carboxylic acids is 4. The monoisotopic (exact) mass is 639 g/mol. The lowest BCUT2D eigenvalue weighted by Gasteiger charge is -2.35. The summed E-state index contributed by atoms with van der Waals surface area (Å²) in [5.74, 6) is -0.790. The molecule has 3 aromatic rings. The van der Waals surface area contributed by atoms with Crippen LogP contribution in [-0.4, -0.2) is 86.2 Å². The molecule has 0 spiro atoms. The number of hydrogen-bond acceptors (Lipinski definition) is 8. The number of piperazine rings is 1. The normalized spacial score (nSPS) is 15.8. The second-order valence-corrected chi connectivity index (χ2v) is 12.5. The molecule has 11 heteroatoms. The zero-order chi connectivity index (χ0) is 33.7. The van der Waals surface area contributed by atoms with Gasteiger partial charge in [-0.2, -0.15) is 0 Å². The molecule has 3 amide bonds. The fourth-order valence-electron chi connectivity index (χ4n) is 5.51. The molecule has 5 rings (SSSR count). The Labute approximate surface area is 275 Å². The quantitative estimate of drug-likeness (QED) is 0.251. The number of hydrogen-bond donors (Lipinski definition) is 2. The fraction of sp³-hybridized carbons (Fsp3) is 0.333. The van der Waals surface area contributed by atoms with Gasteiger partial charge in [0.2, 0.25) is 5.91 Å². The molecule has 246 valence electrons. The van der Waals surface area contributed by atoms with Crippen molar-refractivity contribution in [3.8, 4) is 0 Å². The standard InChI is InChI=1S/C36H41N5O6/c1-36(2,3)47-35(45)41-21-19-40(20-22-41)18-17-30(42)39(4)27-14-12-26(13-15-27)37-32(24-9-7-6-8-10-24)31-28-16-11-25(34(44)46-5)23-29(28)38-33(31)43/h6-16,23,37H,17-22H2,1-5H3,(H,38,43)/b32-31-. The molecule has 0 aliphatic carbocycles. The van der Waals surface area contributed by atoms with Crippen LogP contribution < -0.4 is 15.5 Å². The van der Waals surface area contributed by atoms with Gasteiger partial charge in [0.15, 0.2) is 0 Å². The number of rotatable bonds is 8. The lowest BCUT2D eigenvalue weighted by Crippen LogP contribution is -2.50. The summed E-state index contributed by atoms with van der Waals surface area (Å²) in [7, 11) is 3.07. The Morgan fingerprint density at radius 2 is 1.60 bits per heavy atom. The van der Waals surface area contributed by atoms with Crippen LogP contribution in [-0.2, 0) is 19.1 Å². The first-order valence-electron chi connectivity index (χ1n) is 15.6. The number of nitrogens with one attached hydrogen (secondary N) is 2. The maximum atomic E-state index is 13.3. The Hall–Kier alpha value is -5.16. The maximum Gasteiger partial charge on any atom is 0.410 e. The lowest BCUT2D eigenvalue weighted by molar-refractivity contribution is -0.118. The van der Waals surface area contributed by atoms with Crippen molar-refractivity contribution < 1.29 is 28.7 Å². The van der Waals surface area contributed by atoms with Gasteiger partial charge in [-0.3, -0.25) is 14.5 Å². The lowest BCUT2D eigenvalue weighted by atomic mass is 9.99. The van der Waals surface area contributed by atoms with Crippen LogP contribution >= 0.6 is 0 Å². The molecule has 47 heavy (non-hydrogen) atoms. The van der Waals surface area contributed by atoms with Crippen LogP contribution in [0.4, 0.5) is 21.9 Å². The first-order chi connectivity index (χ1) is 22.4. The van der Waals surface area contributed by atoms with E-state index >= 15 is 0 Å². The Balaban J connectivity index is 1.25. The Bertz CT molecular complexity index is 1670. The Morgan fingerprint density at radius 1 is 0.915 bits per heavy atom. The van der Waals surface area contributed by atoms with Crippen LogP contribution in [0.2, 0.25) is 0 Å². The summed E-state index contributed by atoms with van der Waals surface area (Å²) in [6.45, 7) is 8.67. The molecular formula is C36H41N5O6. The highest BCUT2D eigenvalue weighted by atomic mass is 16.6. The molecule has 2 heterocycles. The number of nitrogens with zero attached hydrogens (tertiary/aromatic N) is 3. The predicted molar refractivity (Wildman–Crippen MR) is 182 cm³/mol. The number of amides is 3. The van der Waals surface area contributed by atoms with Crippen molar-refractivity contribution >= 4 is 52.2 Å². The van der Waals surface area contributed by atoms with Crippen molar-refractivity contribution in [3.05, 3.63) is 89.5 Å². The number of methoxy groups -OCH3 is 1. The second-order valence-electron chi connectivity index (χ2n) is 12.5. The largest absolute Gasteiger partial charge is 0.465 e. The number of benzene rings is 3. The fourth-order valence-corrected chi connectivity index (χ4v) is 5.51. The van der Waals surface area contributed by atoms with Gasteiger partial charge < -0.3 is 29.9 Å². The molecule has 0 unspecified atom stereocenters. The van der Waals surface area contributed by atoms with E-state index in [0.717, 1.165) is 16.9 Å². The molecule has 2 aliphatic rings.